The lowest BCUT2D eigenvalue weighted by Gasteiger charge is -2.07. The van der Waals surface area contributed by atoms with E-state index in [1.807, 2.05) is 12.1 Å². The Bertz CT molecular complexity index is 948. The summed E-state index contributed by atoms with van der Waals surface area (Å²) in [6, 6.07) is 10.7. The molecule has 2 heterocycles. The quantitative estimate of drug-likeness (QED) is 0.729. The van der Waals surface area contributed by atoms with Gasteiger partial charge < -0.3 is 4.74 Å². The van der Waals surface area contributed by atoms with Crippen LogP contribution in [0.3, 0.4) is 0 Å². The van der Waals surface area contributed by atoms with Gasteiger partial charge in [-0.3, -0.25) is 9.36 Å². The van der Waals surface area contributed by atoms with Gasteiger partial charge in [0.05, 0.1) is 24.2 Å². The Morgan fingerprint density at radius 1 is 1.30 bits per heavy atom. The van der Waals surface area contributed by atoms with Gasteiger partial charge in [-0.25, -0.2) is 9.98 Å². The highest BCUT2D eigenvalue weighted by Crippen LogP contribution is 2.16. The van der Waals surface area contributed by atoms with E-state index < -0.39 is 0 Å². The second-order valence-electron chi connectivity index (χ2n) is 4.78. The lowest BCUT2D eigenvalue weighted by Crippen LogP contribution is -2.33. The van der Waals surface area contributed by atoms with Crippen molar-refractivity contribution >= 4 is 38.8 Å². The number of nitrogens with zero attached hydrogens (tertiary/aromatic N) is 3. The molecule has 0 aliphatic heterocycles. The minimum Gasteiger partial charge on any atom is -0.383 e. The Morgan fingerprint density at radius 2 is 2.09 bits per heavy atom. The zero-order valence-corrected chi connectivity index (χ0v) is 14.0. The van der Waals surface area contributed by atoms with Crippen molar-refractivity contribution in [3.05, 3.63) is 62.8 Å². The van der Waals surface area contributed by atoms with Crippen LogP contribution in [0.15, 0.2) is 52.4 Å². The van der Waals surface area contributed by atoms with E-state index in [2.05, 4.69) is 9.98 Å². The number of halogens is 1. The molecule has 0 amide bonds. The summed E-state index contributed by atoms with van der Waals surface area (Å²) in [4.78, 5) is 22.8. The van der Waals surface area contributed by atoms with Gasteiger partial charge in [-0.1, -0.05) is 22.9 Å². The summed E-state index contributed by atoms with van der Waals surface area (Å²) in [6.45, 7) is 0.866. The standard InChI is InChI=1S/C16H14ClN3O2S/c1-22-10-9-20-15(21)13-3-2-8-18-14(13)23-16(20)19-12-6-4-11(17)5-7-12/h2-8H,9-10H2,1H3. The van der Waals surface area contributed by atoms with Gasteiger partial charge in [0, 0.05) is 18.3 Å². The number of methoxy groups -OCH3 is 1. The molecule has 0 N–H and O–H groups in total. The molecule has 0 radical (unpaired) electrons. The first-order valence-electron chi connectivity index (χ1n) is 6.97. The van der Waals surface area contributed by atoms with Crippen molar-refractivity contribution in [2.75, 3.05) is 13.7 Å². The van der Waals surface area contributed by atoms with Gasteiger partial charge in [-0.2, -0.15) is 0 Å². The number of benzene rings is 1. The number of aromatic nitrogens is 2. The first-order chi connectivity index (χ1) is 11.2. The topological polar surface area (TPSA) is 56.5 Å². The molecule has 0 aliphatic carbocycles. The Balaban J connectivity index is 2.24. The fraction of sp³-hybridized carbons (Fsp3) is 0.188. The monoisotopic (exact) mass is 347 g/mol. The predicted molar refractivity (Wildman–Crippen MR) is 92.4 cm³/mol. The Hall–Kier alpha value is -2.02. The smallest absolute Gasteiger partial charge is 0.263 e. The maximum atomic E-state index is 12.7. The molecule has 3 rings (SSSR count). The van der Waals surface area contributed by atoms with Crippen molar-refractivity contribution in [3.8, 4) is 0 Å². The average Bonchev–Trinajstić information content (AvgIpc) is 2.57. The summed E-state index contributed by atoms with van der Waals surface area (Å²) < 4.78 is 6.72. The minimum absolute atomic E-state index is 0.114. The van der Waals surface area contributed by atoms with Crippen LogP contribution in [0, 0.1) is 0 Å². The number of pyridine rings is 1. The molecule has 1 aromatic carbocycles. The number of fused-ring (bicyclic) bond motifs is 1. The van der Waals surface area contributed by atoms with Crippen LogP contribution >= 0.6 is 22.9 Å². The number of rotatable bonds is 4. The van der Waals surface area contributed by atoms with Gasteiger partial charge in [0.15, 0.2) is 4.80 Å². The van der Waals surface area contributed by atoms with Crippen molar-refractivity contribution in [2.45, 2.75) is 6.54 Å². The molecule has 0 atom stereocenters. The van der Waals surface area contributed by atoms with Crippen LogP contribution < -0.4 is 10.4 Å². The second kappa shape index (κ2) is 7.04. The van der Waals surface area contributed by atoms with E-state index in [1.165, 1.54) is 11.3 Å². The van der Waals surface area contributed by atoms with Crippen molar-refractivity contribution in [1.29, 1.82) is 0 Å². The third-order valence-corrected chi connectivity index (χ3v) is 4.50. The average molecular weight is 348 g/mol. The summed E-state index contributed by atoms with van der Waals surface area (Å²) in [6.07, 6.45) is 1.67. The lowest BCUT2D eigenvalue weighted by atomic mass is 10.3. The first kappa shape index (κ1) is 15.9. The third kappa shape index (κ3) is 3.50. The molecule has 0 bridgehead atoms. The van der Waals surface area contributed by atoms with E-state index >= 15 is 0 Å². The van der Waals surface area contributed by atoms with Crippen LogP contribution in [0.1, 0.15) is 0 Å². The van der Waals surface area contributed by atoms with Crippen LogP contribution in [0.5, 0.6) is 0 Å². The molecule has 0 spiro atoms. The summed E-state index contributed by atoms with van der Waals surface area (Å²) in [7, 11) is 1.60. The molecular weight excluding hydrogens is 334 g/mol. The molecule has 2 aromatic heterocycles. The number of hydrogen-bond donors (Lipinski definition) is 0. The van der Waals surface area contributed by atoms with Crippen LogP contribution in [-0.2, 0) is 11.3 Å². The normalized spacial score (nSPS) is 12.0. The molecule has 0 saturated heterocycles. The van der Waals surface area contributed by atoms with E-state index in [0.29, 0.717) is 33.2 Å². The zero-order chi connectivity index (χ0) is 16.2. The Morgan fingerprint density at radius 3 is 2.83 bits per heavy atom. The van der Waals surface area contributed by atoms with E-state index in [0.717, 1.165) is 5.69 Å². The Kier molecular flexibility index (Phi) is 4.85. The molecule has 118 valence electrons. The molecular formula is C16H14ClN3O2S. The number of ether oxygens (including phenoxy) is 1. The molecule has 7 heteroatoms. The molecule has 0 aliphatic rings. The van der Waals surface area contributed by atoms with Crippen molar-refractivity contribution in [3.63, 3.8) is 0 Å². The van der Waals surface area contributed by atoms with E-state index in [4.69, 9.17) is 16.3 Å². The van der Waals surface area contributed by atoms with E-state index in [1.54, 1.807) is 42.1 Å². The Labute approximate surface area is 141 Å². The molecule has 3 aromatic rings. The maximum Gasteiger partial charge on any atom is 0.263 e. The molecule has 23 heavy (non-hydrogen) atoms. The van der Waals surface area contributed by atoms with Gasteiger partial charge in [-0.05, 0) is 36.4 Å². The van der Waals surface area contributed by atoms with Gasteiger partial charge in [0.25, 0.3) is 5.56 Å². The predicted octanol–water partition coefficient (Wildman–Crippen LogP) is 2.99. The summed E-state index contributed by atoms with van der Waals surface area (Å²) in [5.41, 5.74) is 0.614. The fourth-order valence-electron chi connectivity index (χ4n) is 2.10. The van der Waals surface area contributed by atoms with Gasteiger partial charge >= 0.3 is 0 Å². The highest BCUT2D eigenvalue weighted by molar-refractivity contribution is 7.15. The molecule has 0 fully saturated rings. The summed E-state index contributed by atoms with van der Waals surface area (Å²) in [5, 5.41) is 1.23. The van der Waals surface area contributed by atoms with Gasteiger partial charge in [0.2, 0.25) is 0 Å². The van der Waals surface area contributed by atoms with E-state index in [9.17, 15) is 4.79 Å². The van der Waals surface area contributed by atoms with Crippen molar-refractivity contribution < 1.29 is 4.74 Å². The summed E-state index contributed by atoms with van der Waals surface area (Å²) in [5.74, 6) is 0. The largest absolute Gasteiger partial charge is 0.383 e. The van der Waals surface area contributed by atoms with Gasteiger partial charge in [0.1, 0.15) is 4.83 Å². The molecule has 0 unspecified atom stereocenters. The van der Waals surface area contributed by atoms with Crippen LogP contribution in [0.2, 0.25) is 5.02 Å². The highest BCUT2D eigenvalue weighted by atomic mass is 35.5. The van der Waals surface area contributed by atoms with Gasteiger partial charge in [-0.15, -0.1) is 0 Å². The lowest BCUT2D eigenvalue weighted by molar-refractivity contribution is 0.185. The fourth-order valence-corrected chi connectivity index (χ4v) is 3.21. The second-order valence-corrected chi connectivity index (χ2v) is 6.17. The zero-order valence-electron chi connectivity index (χ0n) is 12.4. The number of hydrogen-bond acceptors (Lipinski definition) is 5. The van der Waals surface area contributed by atoms with Crippen LogP contribution in [0.4, 0.5) is 5.69 Å². The minimum atomic E-state index is -0.114. The third-order valence-electron chi connectivity index (χ3n) is 3.24. The maximum absolute atomic E-state index is 12.7. The van der Waals surface area contributed by atoms with Crippen molar-refractivity contribution in [1.82, 2.24) is 9.55 Å². The van der Waals surface area contributed by atoms with Crippen molar-refractivity contribution in [2.24, 2.45) is 4.99 Å². The van der Waals surface area contributed by atoms with Crippen LogP contribution in [-0.4, -0.2) is 23.3 Å². The highest BCUT2D eigenvalue weighted by Gasteiger charge is 2.07. The SMILES string of the molecule is COCCn1c(=Nc2ccc(Cl)cc2)sc2ncccc2c1=O. The molecule has 0 saturated carbocycles. The summed E-state index contributed by atoms with van der Waals surface area (Å²) >= 11 is 7.27. The van der Waals surface area contributed by atoms with Crippen LogP contribution in [0.25, 0.3) is 10.2 Å². The molecule has 5 nitrogen and oxygen atoms in total. The first-order valence-corrected chi connectivity index (χ1v) is 8.16. The van der Waals surface area contributed by atoms with E-state index in [-0.39, 0.29) is 5.56 Å².